The van der Waals surface area contributed by atoms with E-state index in [1.54, 1.807) is 42.3 Å². The minimum Gasteiger partial charge on any atom is -0.668 e. The zero-order chi connectivity index (χ0) is 11.7. The molecule has 1 aromatic rings. The van der Waals surface area contributed by atoms with Crippen LogP contribution in [0, 0.1) is 7.43 Å². The molecule has 1 aromatic carbocycles. The molecule has 1 rings (SSSR count). The van der Waals surface area contributed by atoms with Crippen molar-refractivity contribution in [2.75, 3.05) is 42.3 Å². The van der Waals surface area contributed by atoms with Gasteiger partial charge in [0, 0.05) is 21.7 Å². The normalized spacial score (nSPS) is 5.88. The minimum absolute atomic E-state index is 0. The van der Waals surface area contributed by atoms with Crippen LogP contribution in [-0.2, 0) is 21.7 Å². The van der Waals surface area contributed by atoms with E-state index >= 15 is 0 Å². The number of rotatable bonds is 0. The van der Waals surface area contributed by atoms with Crippen LogP contribution in [0.4, 0.5) is 0 Å². The van der Waals surface area contributed by atoms with Gasteiger partial charge in [-0.25, -0.2) is 12.1 Å². The largest absolute Gasteiger partial charge is 0.668 e. The molecular formula is C12H26N3Ti-5. The van der Waals surface area contributed by atoms with Crippen LogP contribution in [0.25, 0.3) is 16.0 Å². The first-order valence-electron chi connectivity index (χ1n) is 4.35. The Bertz CT molecular complexity index is 99.8. The third-order valence-electron chi connectivity index (χ3n) is 0.556. The first-order valence-corrected chi connectivity index (χ1v) is 4.35. The van der Waals surface area contributed by atoms with Crippen LogP contribution in [0.2, 0.25) is 0 Å². The number of hydrogen-bond donors (Lipinski definition) is 0. The molecule has 0 aliphatic rings. The van der Waals surface area contributed by atoms with Crippen LogP contribution < -0.4 is 0 Å². The van der Waals surface area contributed by atoms with Crippen molar-refractivity contribution in [2.24, 2.45) is 0 Å². The van der Waals surface area contributed by atoms with Crippen molar-refractivity contribution >= 4 is 0 Å². The quantitative estimate of drug-likeness (QED) is 0.504. The van der Waals surface area contributed by atoms with E-state index in [0.29, 0.717) is 0 Å². The molecule has 0 bridgehead atoms. The van der Waals surface area contributed by atoms with E-state index in [1.165, 1.54) is 0 Å². The summed E-state index contributed by atoms with van der Waals surface area (Å²) in [6, 6.07) is 10.0. The third kappa shape index (κ3) is 95.6. The van der Waals surface area contributed by atoms with E-state index in [-0.39, 0.29) is 29.1 Å². The SMILES string of the molecule is C[N-]C.C[N-]C.C[N-]C.[CH3-].[Ti].c1cc[cH-]c1. The number of hydrogen-bond acceptors (Lipinski definition) is 0. The summed E-state index contributed by atoms with van der Waals surface area (Å²) in [4.78, 5) is 0. The van der Waals surface area contributed by atoms with Crippen LogP contribution in [0.1, 0.15) is 0 Å². The first kappa shape index (κ1) is 29.7. The van der Waals surface area contributed by atoms with Crippen molar-refractivity contribution in [1.29, 1.82) is 0 Å². The van der Waals surface area contributed by atoms with E-state index in [1.807, 2.05) is 30.3 Å². The maximum atomic E-state index is 3.50. The Labute approximate surface area is 118 Å². The van der Waals surface area contributed by atoms with Crippen molar-refractivity contribution in [2.45, 2.75) is 0 Å². The monoisotopic (exact) mass is 260 g/mol. The molecule has 0 aliphatic heterocycles. The number of nitrogens with zero attached hydrogens (tertiary/aromatic N) is 3. The molecule has 4 heteroatoms. The van der Waals surface area contributed by atoms with E-state index in [4.69, 9.17) is 0 Å². The Hall–Kier alpha value is -0.0557. The molecule has 16 heavy (non-hydrogen) atoms. The van der Waals surface area contributed by atoms with Gasteiger partial charge in [-0.2, -0.15) is 60.5 Å². The van der Waals surface area contributed by atoms with E-state index in [9.17, 15) is 0 Å². The maximum absolute atomic E-state index is 3.50. The summed E-state index contributed by atoms with van der Waals surface area (Å²) >= 11 is 0. The van der Waals surface area contributed by atoms with Crippen molar-refractivity contribution < 1.29 is 21.7 Å². The molecular weight excluding hydrogens is 234 g/mol. The maximum Gasteiger partial charge on any atom is 0 e. The summed E-state index contributed by atoms with van der Waals surface area (Å²) in [5, 5.41) is 10.5. The molecule has 0 saturated heterocycles. The summed E-state index contributed by atoms with van der Waals surface area (Å²) < 4.78 is 0. The second-order valence-corrected chi connectivity index (χ2v) is 2.30. The van der Waals surface area contributed by atoms with Crippen LogP contribution in [0.3, 0.4) is 0 Å². The van der Waals surface area contributed by atoms with Gasteiger partial charge in [-0.05, 0) is 0 Å². The minimum atomic E-state index is 0. The summed E-state index contributed by atoms with van der Waals surface area (Å²) in [5.41, 5.74) is 0. The summed E-state index contributed by atoms with van der Waals surface area (Å²) in [5.74, 6) is 0. The fourth-order valence-corrected chi connectivity index (χ4v) is 0.321. The molecule has 0 aliphatic carbocycles. The predicted octanol–water partition coefficient (Wildman–Crippen LogP) is 3.71. The average Bonchev–Trinajstić information content (AvgIpc) is 2.63. The van der Waals surface area contributed by atoms with Gasteiger partial charge in [-0.1, -0.05) is 0 Å². The molecule has 98 valence electrons. The van der Waals surface area contributed by atoms with Crippen molar-refractivity contribution in [3.63, 3.8) is 0 Å². The standard InChI is InChI=1S/C5H5.3C2H6N.CH3.Ti/c1-2-4-5-3-1;3*1-3-2;;/h1-5H;3*1-2H3;1H3;/q5*-1;. The molecule has 3 nitrogen and oxygen atoms in total. The van der Waals surface area contributed by atoms with Crippen molar-refractivity contribution in [1.82, 2.24) is 0 Å². The van der Waals surface area contributed by atoms with E-state index < -0.39 is 0 Å². The van der Waals surface area contributed by atoms with Gasteiger partial charge in [0.15, 0.2) is 0 Å². The zero-order valence-corrected chi connectivity index (χ0v) is 13.3. The van der Waals surface area contributed by atoms with Crippen LogP contribution >= 0.6 is 0 Å². The zero-order valence-electron chi connectivity index (χ0n) is 11.7. The van der Waals surface area contributed by atoms with E-state index in [0.717, 1.165) is 0 Å². The summed E-state index contributed by atoms with van der Waals surface area (Å²) in [6.45, 7) is 0. The Morgan fingerprint density at radius 2 is 0.875 bits per heavy atom. The smallest absolute Gasteiger partial charge is 0 e. The third-order valence-corrected chi connectivity index (χ3v) is 0.556. The second kappa shape index (κ2) is 46.0. The average molecular weight is 260 g/mol. The van der Waals surface area contributed by atoms with Crippen LogP contribution in [-0.4, -0.2) is 42.3 Å². The van der Waals surface area contributed by atoms with Gasteiger partial charge in [0.2, 0.25) is 0 Å². The van der Waals surface area contributed by atoms with Gasteiger partial charge < -0.3 is 23.4 Å². The summed E-state index contributed by atoms with van der Waals surface area (Å²) in [7, 11) is 10.5. The molecule has 0 atom stereocenters. The van der Waals surface area contributed by atoms with Crippen LogP contribution in [0.5, 0.6) is 0 Å². The van der Waals surface area contributed by atoms with Gasteiger partial charge >= 0.3 is 0 Å². The summed E-state index contributed by atoms with van der Waals surface area (Å²) in [6.07, 6.45) is 0. The topological polar surface area (TPSA) is 42.3 Å². The Morgan fingerprint density at radius 1 is 0.688 bits per heavy atom. The van der Waals surface area contributed by atoms with Gasteiger partial charge in [0.1, 0.15) is 0 Å². The van der Waals surface area contributed by atoms with Gasteiger partial charge in [0.05, 0.1) is 0 Å². The predicted molar refractivity (Wildman–Crippen MR) is 74.1 cm³/mol. The molecule has 0 aromatic heterocycles. The van der Waals surface area contributed by atoms with Crippen molar-refractivity contribution in [3.05, 3.63) is 53.7 Å². The molecule has 0 amide bonds. The van der Waals surface area contributed by atoms with Gasteiger partial charge in [-0.15, -0.1) is 0 Å². The Kier molecular flexibility index (Phi) is 85.5. The molecule has 0 unspecified atom stereocenters. The Balaban J connectivity index is -0.0000000336. The molecule has 0 N–H and O–H groups in total. The van der Waals surface area contributed by atoms with Gasteiger partial charge in [0.25, 0.3) is 0 Å². The van der Waals surface area contributed by atoms with Crippen LogP contribution in [0.15, 0.2) is 30.3 Å². The molecule has 0 fully saturated rings. The first-order chi connectivity index (χ1) is 6.74. The Morgan fingerprint density at radius 3 is 0.938 bits per heavy atom. The van der Waals surface area contributed by atoms with Gasteiger partial charge in [-0.3, -0.25) is 0 Å². The second-order valence-electron chi connectivity index (χ2n) is 2.30. The fraction of sp³-hybridized carbons (Fsp3) is 0.500. The van der Waals surface area contributed by atoms with E-state index in [2.05, 4.69) is 16.0 Å². The fourth-order valence-electron chi connectivity index (χ4n) is 0.321. The van der Waals surface area contributed by atoms with Crippen molar-refractivity contribution in [3.8, 4) is 0 Å². The molecule has 0 spiro atoms. The molecule has 0 saturated carbocycles. The molecule has 0 heterocycles. The molecule has 0 radical (unpaired) electrons.